The lowest BCUT2D eigenvalue weighted by molar-refractivity contribution is -0.0423. The van der Waals surface area contributed by atoms with Crippen molar-refractivity contribution < 1.29 is 15.3 Å². The van der Waals surface area contributed by atoms with Crippen molar-refractivity contribution in [3.8, 4) is 5.75 Å². The molecule has 0 aliphatic rings. The summed E-state index contributed by atoms with van der Waals surface area (Å²) < 4.78 is 0. The first-order chi connectivity index (χ1) is 6.61. The van der Waals surface area contributed by atoms with Gasteiger partial charge in [-0.2, -0.15) is 0 Å². The normalized spacial score (nSPS) is 10.6. The molecular weight excluding hydrogens is 182 g/mol. The van der Waals surface area contributed by atoms with Gasteiger partial charge in [0.25, 0.3) is 0 Å². The van der Waals surface area contributed by atoms with Gasteiger partial charge in [-0.3, -0.25) is 0 Å². The van der Waals surface area contributed by atoms with E-state index in [1.165, 1.54) is 0 Å². The van der Waals surface area contributed by atoms with Crippen LogP contribution >= 0.6 is 0 Å². The third kappa shape index (κ3) is 2.90. The summed E-state index contributed by atoms with van der Waals surface area (Å²) in [5.41, 5.74) is 1.57. The molecule has 0 heterocycles. The first-order valence-electron chi connectivity index (χ1n) is 4.50. The zero-order chi connectivity index (χ0) is 10.6. The highest BCUT2D eigenvalue weighted by Gasteiger charge is 2.02. The van der Waals surface area contributed by atoms with Gasteiger partial charge in [-0.1, -0.05) is 6.07 Å². The van der Waals surface area contributed by atoms with Gasteiger partial charge in [0.2, 0.25) is 0 Å². The molecule has 78 valence electrons. The number of aliphatic hydroxyl groups is 2. The molecular formula is C10H15NO3. The fraction of sp³-hybridized carbons (Fsp3) is 0.400. The molecule has 0 radical (unpaired) electrons. The monoisotopic (exact) mass is 197 g/mol. The lowest BCUT2D eigenvalue weighted by Gasteiger charge is -2.10. The van der Waals surface area contributed by atoms with Crippen LogP contribution in [0.15, 0.2) is 18.2 Å². The van der Waals surface area contributed by atoms with Crippen molar-refractivity contribution in [3.05, 3.63) is 23.8 Å². The molecule has 0 bridgehead atoms. The van der Waals surface area contributed by atoms with Crippen LogP contribution in [0.4, 0.5) is 5.69 Å². The maximum Gasteiger partial charge on any atom is 0.153 e. The molecule has 0 atom stereocenters. The number of aromatic hydroxyl groups is 1. The second-order valence-electron chi connectivity index (χ2n) is 3.15. The average Bonchev–Trinajstić information content (AvgIpc) is 2.12. The Labute approximate surface area is 82.8 Å². The second kappa shape index (κ2) is 4.83. The summed E-state index contributed by atoms with van der Waals surface area (Å²) in [7, 11) is 0. The van der Waals surface area contributed by atoms with Crippen molar-refractivity contribution >= 4 is 5.69 Å². The molecule has 0 saturated heterocycles. The Morgan fingerprint density at radius 1 is 1.36 bits per heavy atom. The molecule has 14 heavy (non-hydrogen) atoms. The van der Waals surface area contributed by atoms with Crippen molar-refractivity contribution in [3.63, 3.8) is 0 Å². The van der Waals surface area contributed by atoms with Crippen LogP contribution in [0.3, 0.4) is 0 Å². The van der Waals surface area contributed by atoms with Crippen LogP contribution < -0.4 is 5.32 Å². The molecule has 0 aliphatic heterocycles. The summed E-state index contributed by atoms with van der Waals surface area (Å²) in [6.45, 7) is 2.26. The van der Waals surface area contributed by atoms with Gasteiger partial charge >= 0.3 is 0 Å². The molecule has 0 spiro atoms. The Morgan fingerprint density at radius 3 is 2.71 bits per heavy atom. The van der Waals surface area contributed by atoms with E-state index in [-0.39, 0.29) is 12.2 Å². The van der Waals surface area contributed by atoms with Gasteiger partial charge in [0.1, 0.15) is 5.75 Å². The van der Waals surface area contributed by atoms with Crippen LogP contribution in [0.1, 0.15) is 12.0 Å². The molecule has 1 aromatic rings. The van der Waals surface area contributed by atoms with E-state index < -0.39 is 6.29 Å². The molecule has 1 aromatic carbocycles. The van der Waals surface area contributed by atoms with Crippen molar-refractivity contribution in [1.29, 1.82) is 0 Å². The number of nitrogens with one attached hydrogen (secondary N) is 1. The summed E-state index contributed by atoms with van der Waals surface area (Å²) in [5.74, 6) is 0.236. The molecule has 0 fully saturated rings. The number of aliphatic hydroxyl groups excluding tert-OH is 1. The third-order valence-corrected chi connectivity index (χ3v) is 2.02. The molecule has 4 N–H and O–H groups in total. The fourth-order valence-corrected chi connectivity index (χ4v) is 1.15. The molecule has 0 unspecified atom stereocenters. The standard InChI is InChI=1S/C10H15NO3/c1-7-8(3-2-4-9(7)12)11-6-5-10(13)14/h2-4,10-14H,5-6H2,1H3. The third-order valence-electron chi connectivity index (χ3n) is 2.02. The van der Waals surface area contributed by atoms with Crippen LogP contribution in [0.25, 0.3) is 0 Å². The van der Waals surface area contributed by atoms with Crippen LogP contribution in [0, 0.1) is 6.92 Å². The van der Waals surface area contributed by atoms with Gasteiger partial charge in [0, 0.05) is 24.2 Å². The molecule has 1 rings (SSSR count). The van der Waals surface area contributed by atoms with E-state index in [0.717, 1.165) is 11.3 Å². The van der Waals surface area contributed by atoms with Gasteiger partial charge < -0.3 is 20.6 Å². The van der Waals surface area contributed by atoms with Gasteiger partial charge in [-0.25, -0.2) is 0 Å². The van der Waals surface area contributed by atoms with Gasteiger partial charge in [0.15, 0.2) is 6.29 Å². The zero-order valence-corrected chi connectivity index (χ0v) is 8.07. The quantitative estimate of drug-likeness (QED) is 0.539. The minimum atomic E-state index is -1.29. The van der Waals surface area contributed by atoms with Crippen LogP contribution in [0.2, 0.25) is 0 Å². The molecule has 0 amide bonds. The number of hydrogen-bond acceptors (Lipinski definition) is 4. The molecule has 0 aliphatic carbocycles. The maximum atomic E-state index is 9.37. The van der Waals surface area contributed by atoms with E-state index in [1.807, 2.05) is 6.07 Å². The van der Waals surface area contributed by atoms with Crippen LogP contribution in [0.5, 0.6) is 5.75 Å². The number of hydrogen-bond donors (Lipinski definition) is 4. The summed E-state index contributed by atoms with van der Waals surface area (Å²) in [5, 5.41) is 29.6. The first kappa shape index (κ1) is 10.8. The minimum absolute atomic E-state index is 0.236. The van der Waals surface area contributed by atoms with Gasteiger partial charge in [0.05, 0.1) is 0 Å². The van der Waals surface area contributed by atoms with E-state index in [1.54, 1.807) is 19.1 Å². The summed E-state index contributed by atoms with van der Waals surface area (Å²) in [6, 6.07) is 5.18. The van der Waals surface area contributed by atoms with Crippen molar-refractivity contribution in [2.24, 2.45) is 0 Å². The predicted molar refractivity (Wildman–Crippen MR) is 54.2 cm³/mol. The second-order valence-corrected chi connectivity index (χ2v) is 3.15. The predicted octanol–water partition coefficient (Wildman–Crippen LogP) is 0.813. The van der Waals surface area contributed by atoms with E-state index >= 15 is 0 Å². The largest absolute Gasteiger partial charge is 0.508 e. The van der Waals surface area contributed by atoms with Crippen molar-refractivity contribution in [2.75, 3.05) is 11.9 Å². The summed E-state index contributed by atoms with van der Waals surface area (Å²) >= 11 is 0. The highest BCUT2D eigenvalue weighted by Crippen LogP contribution is 2.23. The molecule has 4 nitrogen and oxygen atoms in total. The van der Waals surface area contributed by atoms with Gasteiger partial charge in [-0.05, 0) is 19.1 Å². The fourth-order valence-electron chi connectivity index (χ4n) is 1.15. The Kier molecular flexibility index (Phi) is 3.73. The van der Waals surface area contributed by atoms with Crippen molar-refractivity contribution in [2.45, 2.75) is 19.6 Å². The van der Waals surface area contributed by atoms with Crippen LogP contribution in [-0.2, 0) is 0 Å². The summed E-state index contributed by atoms with van der Waals surface area (Å²) in [6.07, 6.45) is -1.03. The average molecular weight is 197 g/mol. The van der Waals surface area contributed by atoms with E-state index in [2.05, 4.69) is 5.32 Å². The van der Waals surface area contributed by atoms with E-state index in [9.17, 15) is 5.11 Å². The Balaban J connectivity index is 2.54. The first-order valence-corrected chi connectivity index (χ1v) is 4.50. The number of phenolic OH excluding ortho intramolecular Hbond substituents is 1. The number of rotatable bonds is 4. The smallest absolute Gasteiger partial charge is 0.153 e. The lowest BCUT2D eigenvalue weighted by atomic mass is 10.2. The highest BCUT2D eigenvalue weighted by molar-refractivity contribution is 5.56. The van der Waals surface area contributed by atoms with Gasteiger partial charge in [-0.15, -0.1) is 0 Å². The SMILES string of the molecule is Cc1c(O)cccc1NCCC(O)O. The Bertz CT molecular complexity index is 299. The molecule has 0 saturated carbocycles. The number of anilines is 1. The van der Waals surface area contributed by atoms with E-state index in [0.29, 0.717) is 6.54 Å². The Morgan fingerprint density at radius 2 is 2.07 bits per heavy atom. The minimum Gasteiger partial charge on any atom is -0.508 e. The topological polar surface area (TPSA) is 72.7 Å². The number of phenols is 1. The maximum absolute atomic E-state index is 9.37. The molecule has 4 heteroatoms. The summed E-state index contributed by atoms with van der Waals surface area (Å²) in [4.78, 5) is 0. The van der Waals surface area contributed by atoms with Crippen LogP contribution in [-0.4, -0.2) is 28.2 Å². The zero-order valence-electron chi connectivity index (χ0n) is 8.07. The Hall–Kier alpha value is -1.26. The number of benzene rings is 1. The highest BCUT2D eigenvalue weighted by atomic mass is 16.5. The molecule has 0 aromatic heterocycles. The lowest BCUT2D eigenvalue weighted by Crippen LogP contribution is -2.12. The van der Waals surface area contributed by atoms with Crippen molar-refractivity contribution in [1.82, 2.24) is 0 Å². The van der Waals surface area contributed by atoms with E-state index in [4.69, 9.17) is 10.2 Å².